The van der Waals surface area contributed by atoms with Crippen LogP contribution < -0.4 is 15.4 Å². The molecule has 0 aromatic heterocycles. The molecule has 3 aliphatic heterocycles. The second-order valence-corrected chi connectivity index (χ2v) is 14.7. The van der Waals surface area contributed by atoms with Gasteiger partial charge in [0.2, 0.25) is 0 Å². The highest BCUT2D eigenvalue weighted by atomic mass is 32.2. The van der Waals surface area contributed by atoms with Crippen molar-refractivity contribution in [1.82, 2.24) is 10.6 Å². The highest BCUT2D eigenvalue weighted by Crippen LogP contribution is 2.51. The lowest BCUT2D eigenvalue weighted by Gasteiger charge is -2.29. The van der Waals surface area contributed by atoms with Crippen molar-refractivity contribution in [3.8, 4) is 22.6 Å². The predicted octanol–water partition coefficient (Wildman–Crippen LogP) is 11.2. The van der Waals surface area contributed by atoms with Gasteiger partial charge in [-0.3, -0.25) is 0 Å². The molecule has 3 aliphatic rings. The molecule has 10 rings (SSSR count). The van der Waals surface area contributed by atoms with Crippen molar-refractivity contribution in [2.75, 3.05) is 0 Å². The van der Waals surface area contributed by atoms with Crippen LogP contribution in [0.3, 0.4) is 0 Å². The van der Waals surface area contributed by atoms with E-state index in [1.165, 1.54) is 0 Å². The minimum absolute atomic E-state index is 0.242. The first kappa shape index (κ1) is 33.6. The molecule has 56 heavy (non-hydrogen) atoms. The van der Waals surface area contributed by atoms with Crippen molar-refractivity contribution < 1.29 is 4.74 Å². The van der Waals surface area contributed by atoms with E-state index >= 15 is 0 Å². The molecule has 0 saturated carbocycles. The average Bonchev–Trinajstić information content (AvgIpc) is 3.29. The Bertz CT molecular complexity index is 2690. The molecule has 2 atom stereocenters. The summed E-state index contributed by atoms with van der Waals surface area (Å²) in [7, 11) is 0. The molecule has 0 fully saturated rings. The Labute approximate surface area is 330 Å². The van der Waals surface area contributed by atoms with Crippen LogP contribution in [0.1, 0.15) is 45.6 Å². The van der Waals surface area contributed by atoms with Gasteiger partial charge >= 0.3 is 0 Å². The summed E-state index contributed by atoms with van der Waals surface area (Å²) in [6, 6.07) is 62.2. The Kier molecular flexibility index (Phi) is 8.82. The molecule has 2 unspecified atom stereocenters. The Morgan fingerprint density at radius 3 is 1.82 bits per heavy atom. The molecular formula is C49H35N5OS. The normalized spacial score (nSPS) is 17.0. The number of hydrogen-bond acceptors (Lipinski definition) is 7. The van der Waals surface area contributed by atoms with Crippen LogP contribution in [0.15, 0.2) is 213 Å². The van der Waals surface area contributed by atoms with E-state index in [-0.39, 0.29) is 6.04 Å². The molecular weight excluding hydrogens is 707 g/mol. The molecule has 0 amide bonds. The molecule has 7 heteroatoms. The van der Waals surface area contributed by atoms with Gasteiger partial charge in [-0.25, -0.2) is 15.0 Å². The van der Waals surface area contributed by atoms with Gasteiger partial charge in [-0.05, 0) is 58.2 Å². The van der Waals surface area contributed by atoms with Crippen molar-refractivity contribution >= 4 is 35.0 Å². The Balaban J connectivity index is 1.15. The maximum atomic E-state index is 6.49. The zero-order valence-electron chi connectivity index (χ0n) is 30.2. The first-order valence-corrected chi connectivity index (χ1v) is 19.5. The number of nitrogens with zero attached hydrogens (tertiary/aromatic N) is 3. The van der Waals surface area contributed by atoms with Crippen LogP contribution in [0.25, 0.3) is 16.8 Å². The van der Waals surface area contributed by atoms with Gasteiger partial charge in [0, 0.05) is 16.7 Å². The number of nitrogens with one attached hydrogen (secondary N) is 2. The molecule has 0 spiro atoms. The van der Waals surface area contributed by atoms with Crippen LogP contribution in [-0.2, 0) is 0 Å². The fourth-order valence-electron chi connectivity index (χ4n) is 7.31. The summed E-state index contributed by atoms with van der Waals surface area (Å²) < 4.78 is 6.49. The van der Waals surface area contributed by atoms with Gasteiger partial charge in [0.05, 0.1) is 21.5 Å². The zero-order valence-corrected chi connectivity index (χ0v) is 31.0. The molecule has 0 bridgehead atoms. The molecule has 2 N–H and O–H groups in total. The summed E-state index contributed by atoms with van der Waals surface area (Å²) >= 11 is 1.75. The van der Waals surface area contributed by atoms with Gasteiger partial charge in [-0.1, -0.05) is 169 Å². The number of amidine groups is 3. The van der Waals surface area contributed by atoms with Crippen LogP contribution in [0, 0.1) is 0 Å². The first-order chi connectivity index (χ1) is 27.7. The summed E-state index contributed by atoms with van der Waals surface area (Å²) in [5, 5.41) is 7.53. The molecule has 3 heterocycles. The van der Waals surface area contributed by atoms with Gasteiger partial charge < -0.3 is 15.4 Å². The second-order valence-electron chi connectivity index (χ2n) is 13.7. The van der Waals surface area contributed by atoms with Crippen LogP contribution in [0.4, 0.5) is 0 Å². The summed E-state index contributed by atoms with van der Waals surface area (Å²) in [5.74, 6) is 3.99. The van der Waals surface area contributed by atoms with E-state index in [4.69, 9.17) is 19.7 Å². The molecule has 0 aliphatic carbocycles. The highest BCUT2D eigenvalue weighted by Gasteiger charge is 2.28. The van der Waals surface area contributed by atoms with Crippen molar-refractivity contribution in [3.05, 3.63) is 221 Å². The molecule has 0 radical (unpaired) electrons. The summed E-state index contributed by atoms with van der Waals surface area (Å²) in [4.78, 5) is 17.6. The lowest BCUT2D eigenvalue weighted by Crippen LogP contribution is -2.34. The second kappa shape index (κ2) is 14.7. The number of rotatable bonds is 7. The molecule has 7 aromatic rings. The first-order valence-electron chi connectivity index (χ1n) is 18.7. The maximum absolute atomic E-state index is 6.49. The number of para-hydroxylation sites is 1. The Morgan fingerprint density at radius 1 is 0.500 bits per heavy atom. The van der Waals surface area contributed by atoms with Gasteiger partial charge in [-0.15, -0.1) is 0 Å². The van der Waals surface area contributed by atoms with E-state index in [0.717, 1.165) is 83.2 Å². The molecule has 6 nitrogen and oxygen atoms in total. The van der Waals surface area contributed by atoms with Gasteiger partial charge in [0.25, 0.3) is 0 Å². The fourth-order valence-corrected chi connectivity index (χ4v) is 8.39. The van der Waals surface area contributed by atoms with Crippen LogP contribution >= 0.6 is 11.8 Å². The SMILES string of the molecule is C1=C(c2ccccc2)N=C(c2ccccc2)NC1c1cc(C2N=C(c3ccccc3)N=C(c3ccccc3)N2)ccc1-c1cccc2c1Sc1ccccc1O2. The highest BCUT2D eigenvalue weighted by molar-refractivity contribution is 7.99. The minimum atomic E-state index is -0.400. The largest absolute Gasteiger partial charge is 0.455 e. The Morgan fingerprint density at radius 2 is 1.11 bits per heavy atom. The topological polar surface area (TPSA) is 70.4 Å². The fraction of sp³-hybridized carbons (Fsp3) is 0.0408. The summed E-state index contributed by atoms with van der Waals surface area (Å²) in [6.45, 7) is 0. The smallest absolute Gasteiger partial charge is 0.159 e. The van der Waals surface area contributed by atoms with Crippen molar-refractivity contribution in [1.29, 1.82) is 0 Å². The lowest BCUT2D eigenvalue weighted by molar-refractivity contribution is 0.455. The van der Waals surface area contributed by atoms with Crippen LogP contribution in [0.5, 0.6) is 11.5 Å². The van der Waals surface area contributed by atoms with Crippen LogP contribution in [-0.4, -0.2) is 17.5 Å². The number of hydrogen-bond donors (Lipinski definition) is 2. The van der Waals surface area contributed by atoms with Crippen LogP contribution in [0.2, 0.25) is 0 Å². The quantitative estimate of drug-likeness (QED) is 0.171. The molecule has 0 saturated heterocycles. The molecule has 268 valence electrons. The van der Waals surface area contributed by atoms with Gasteiger partial charge in [0.15, 0.2) is 5.84 Å². The van der Waals surface area contributed by atoms with E-state index in [2.05, 4.69) is 138 Å². The minimum Gasteiger partial charge on any atom is -0.455 e. The third-order valence-electron chi connectivity index (χ3n) is 10.1. The third-order valence-corrected chi connectivity index (χ3v) is 11.2. The van der Waals surface area contributed by atoms with Crippen molar-refractivity contribution in [3.63, 3.8) is 0 Å². The summed E-state index contributed by atoms with van der Waals surface area (Å²) in [6.07, 6.45) is 1.84. The van der Waals surface area contributed by atoms with Crippen molar-refractivity contribution in [2.45, 2.75) is 22.0 Å². The Hall–Kier alpha value is -6.96. The monoisotopic (exact) mass is 741 g/mol. The summed E-state index contributed by atoms with van der Waals surface area (Å²) in [5.41, 5.74) is 9.24. The number of ether oxygens (including phenoxy) is 1. The predicted molar refractivity (Wildman–Crippen MR) is 228 cm³/mol. The number of aliphatic imine (C=N–C) groups is 3. The third kappa shape index (κ3) is 6.59. The molecule has 7 aromatic carbocycles. The van der Waals surface area contributed by atoms with E-state index in [1.54, 1.807) is 11.8 Å². The number of benzene rings is 7. The van der Waals surface area contributed by atoms with E-state index < -0.39 is 6.17 Å². The van der Waals surface area contributed by atoms with E-state index in [0.29, 0.717) is 5.84 Å². The average molecular weight is 742 g/mol. The van der Waals surface area contributed by atoms with Gasteiger partial charge in [0.1, 0.15) is 29.3 Å². The number of fused-ring (bicyclic) bond motifs is 2. The van der Waals surface area contributed by atoms with Gasteiger partial charge in [-0.2, -0.15) is 0 Å². The lowest BCUT2D eigenvalue weighted by atomic mass is 9.90. The van der Waals surface area contributed by atoms with E-state index in [9.17, 15) is 0 Å². The van der Waals surface area contributed by atoms with E-state index in [1.807, 2.05) is 60.7 Å². The standard InChI is InChI=1S/C49H35N5OS/c1-5-16-32(17-6-1)40-31-41(51-46(50-40)33-18-7-2-8-19-33)39-30-36(28-29-37(39)38-24-15-26-43-45(38)56-44-27-14-13-25-42(44)55-43)49-53-47(34-20-9-3-10-21-34)52-48(54-49)35-22-11-4-12-23-35/h1-31,41,49H,(H,50,51)(H,52,53,54). The maximum Gasteiger partial charge on any atom is 0.159 e. The van der Waals surface area contributed by atoms with Crippen molar-refractivity contribution in [2.24, 2.45) is 15.0 Å². The zero-order chi connectivity index (χ0) is 37.3.